The van der Waals surface area contributed by atoms with E-state index in [1.54, 1.807) is 12.1 Å². The van der Waals surface area contributed by atoms with Gasteiger partial charge in [-0.05, 0) is 24.3 Å². The highest BCUT2D eigenvalue weighted by molar-refractivity contribution is 5.98. The van der Waals surface area contributed by atoms with Gasteiger partial charge in [-0.25, -0.2) is 13.6 Å². The number of carbonyl (C=O) groups is 2. The van der Waals surface area contributed by atoms with E-state index in [4.69, 9.17) is 14.2 Å². The van der Waals surface area contributed by atoms with E-state index in [2.05, 4.69) is 5.32 Å². The van der Waals surface area contributed by atoms with Gasteiger partial charge in [-0.3, -0.25) is 9.69 Å². The van der Waals surface area contributed by atoms with Crippen molar-refractivity contribution in [1.82, 2.24) is 4.90 Å². The first kappa shape index (κ1) is 18.4. The van der Waals surface area contributed by atoms with Gasteiger partial charge in [0.1, 0.15) is 29.9 Å². The number of halogens is 2. The highest BCUT2D eigenvalue weighted by Crippen LogP contribution is 2.32. The summed E-state index contributed by atoms with van der Waals surface area (Å²) in [4.78, 5) is 25.0. The van der Waals surface area contributed by atoms with Crippen molar-refractivity contribution in [1.29, 1.82) is 0 Å². The molecule has 1 saturated heterocycles. The number of anilines is 1. The molecule has 0 radical (unpaired) electrons. The van der Waals surface area contributed by atoms with Crippen LogP contribution in [0.3, 0.4) is 0 Å². The predicted molar refractivity (Wildman–Crippen MR) is 91.0 cm³/mol. The van der Waals surface area contributed by atoms with Crippen LogP contribution in [0.5, 0.6) is 17.2 Å². The van der Waals surface area contributed by atoms with Crippen LogP contribution in [0.4, 0.5) is 19.3 Å². The Bertz CT molecular complexity index is 890. The third-order valence-corrected chi connectivity index (χ3v) is 3.98. The minimum Gasteiger partial charge on any atom is -0.495 e. The fourth-order valence-corrected chi connectivity index (χ4v) is 2.48. The summed E-state index contributed by atoms with van der Waals surface area (Å²) >= 11 is 0. The molecular weight excluding hydrogens is 362 g/mol. The maximum atomic E-state index is 13.3. The SMILES string of the molecule is COc1ccc(Oc2ccc(F)c(F)c2)cc1NC(=O)C1COC(=O)N1C. The van der Waals surface area contributed by atoms with Crippen LogP contribution in [0.25, 0.3) is 0 Å². The van der Waals surface area contributed by atoms with Crippen molar-refractivity contribution in [2.24, 2.45) is 0 Å². The van der Waals surface area contributed by atoms with E-state index < -0.39 is 29.7 Å². The van der Waals surface area contributed by atoms with Gasteiger partial charge in [0.2, 0.25) is 0 Å². The Labute approximate surface area is 153 Å². The fraction of sp³-hybridized carbons (Fsp3) is 0.222. The Morgan fingerprint density at radius 3 is 2.52 bits per heavy atom. The van der Waals surface area contributed by atoms with Gasteiger partial charge < -0.3 is 19.5 Å². The zero-order valence-corrected chi connectivity index (χ0v) is 14.5. The highest BCUT2D eigenvalue weighted by atomic mass is 19.2. The molecule has 0 aliphatic carbocycles. The summed E-state index contributed by atoms with van der Waals surface area (Å²) in [6.07, 6.45) is -0.586. The molecule has 2 aromatic rings. The molecule has 2 amide bonds. The molecule has 3 rings (SSSR count). The smallest absolute Gasteiger partial charge is 0.410 e. The van der Waals surface area contributed by atoms with Gasteiger partial charge in [-0.2, -0.15) is 0 Å². The van der Waals surface area contributed by atoms with E-state index in [1.165, 1.54) is 31.2 Å². The van der Waals surface area contributed by atoms with Gasteiger partial charge in [0.05, 0.1) is 12.8 Å². The molecule has 1 aliphatic rings. The van der Waals surface area contributed by atoms with E-state index in [0.717, 1.165) is 12.1 Å². The summed E-state index contributed by atoms with van der Waals surface area (Å²) in [6.45, 7) is -0.0610. The normalized spacial score (nSPS) is 16.1. The molecule has 1 aliphatic heterocycles. The topological polar surface area (TPSA) is 77.1 Å². The number of nitrogens with one attached hydrogen (secondary N) is 1. The van der Waals surface area contributed by atoms with Gasteiger partial charge in [0.25, 0.3) is 5.91 Å². The Balaban J connectivity index is 1.80. The summed E-state index contributed by atoms with van der Waals surface area (Å²) in [5.74, 6) is -1.78. The number of hydrogen-bond acceptors (Lipinski definition) is 5. The molecule has 1 heterocycles. The number of nitrogens with zero attached hydrogens (tertiary/aromatic N) is 1. The fourth-order valence-electron chi connectivity index (χ4n) is 2.48. The third kappa shape index (κ3) is 3.91. The molecule has 1 unspecified atom stereocenters. The minimum absolute atomic E-state index is 0.0610. The molecule has 0 spiro atoms. The molecule has 2 aromatic carbocycles. The Morgan fingerprint density at radius 2 is 1.89 bits per heavy atom. The molecule has 7 nitrogen and oxygen atoms in total. The number of carbonyl (C=O) groups excluding carboxylic acids is 2. The van der Waals surface area contributed by atoms with Crippen molar-refractivity contribution in [3.05, 3.63) is 48.0 Å². The average molecular weight is 378 g/mol. The maximum Gasteiger partial charge on any atom is 0.410 e. The van der Waals surface area contributed by atoms with Crippen molar-refractivity contribution in [2.45, 2.75) is 6.04 Å². The quantitative estimate of drug-likeness (QED) is 0.865. The standard InChI is InChI=1S/C18H16F2N2O5/c1-22-15(9-26-18(22)24)17(23)21-14-8-11(4-6-16(14)25-2)27-10-3-5-12(19)13(20)7-10/h3-8,15H,9H2,1-2H3,(H,21,23). The first-order valence-electron chi connectivity index (χ1n) is 7.90. The lowest BCUT2D eigenvalue weighted by molar-refractivity contribution is -0.119. The number of cyclic esters (lactones) is 1. The van der Waals surface area contributed by atoms with E-state index in [-0.39, 0.29) is 23.8 Å². The van der Waals surface area contributed by atoms with Gasteiger partial charge in [-0.1, -0.05) is 0 Å². The maximum absolute atomic E-state index is 13.3. The van der Waals surface area contributed by atoms with Crippen LogP contribution >= 0.6 is 0 Å². The molecular formula is C18H16F2N2O5. The van der Waals surface area contributed by atoms with Crippen LogP contribution in [0.1, 0.15) is 0 Å². The number of hydrogen-bond donors (Lipinski definition) is 1. The molecule has 0 bridgehead atoms. The first-order valence-corrected chi connectivity index (χ1v) is 7.90. The Kier molecular flexibility index (Phi) is 5.11. The number of rotatable bonds is 5. The van der Waals surface area contributed by atoms with Crippen LogP contribution in [-0.4, -0.2) is 43.7 Å². The summed E-state index contributed by atoms with van der Waals surface area (Å²) in [5.41, 5.74) is 0.287. The largest absolute Gasteiger partial charge is 0.495 e. The number of likely N-dealkylation sites (N-methyl/N-ethyl adjacent to an activating group) is 1. The van der Waals surface area contributed by atoms with Gasteiger partial charge in [-0.15, -0.1) is 0 Å². The van der Waals surface area contributed by atoms with Gasteiger partial charge >= 0.3 is 6.09 Å². The molecule has 0 saturated carbocycles. The zero-order chi connectivity index (χ0) is 19.6. The predicted octanol–water partition coefficient (Wildman–Crippen LogP) is 3.15. The Hall–Kier alpha value is -3.36. The number of amides is 2. The molecule has 1 atom stereocenters. The first-order chi connectivity index (χ1) is 12.9. The second-order valence-corrected chi connectivity index (χ2v) is 5.73. The van der Waals surface area contributed by atoms with Crippen molar-refractivity contribution < 1.29 is 32.6 Å². The van der Waals surface area contributed by atoms with Gasteiger partial charge in [0.15, 0.2) is 11.6 Å². The van der Waals surface area contributed by atoms with Crippen molar-refractivity contribution in [3.8, 4) is 17.2 Å². The number of benzene rings is 2. The van der Waals surface area contributed by atoms with E-state index in [9.17, 15) is 18.4 Å². The number of methoxy groups -OCH3 is 1. The molecule has 27 heavy (non-hydrogen) atoms. The lowest BCUT2D eigenvalue weighted by Gasteiger charge is -2.17. The highest BCUT2D eigenvalue weighted by Gasteiger charge is 2.35. The summed E-state index contributed by atoms with van der Waals surface area (Å²) in [5, 5.41) is 2.65. The summed E-state index contributed by atoms with van der Waals surface area (Å²) in [6, 6.07) is 6.91. The lowest BCUT2D eigenvalue weighted by Crippen LogP contribution is -2.40. The molecule has 1 N–H and O–H groups in total. The lowest BCUT2D eigenvalue weighted by atomic mass is 10.2. The van der Waals surface area contributed by atoms with Crippen LogP contribution in [-0.2, 0) is 9.53 Å². The van der Waals surface area contributed by atoms with E-state index in [0.29, 0.717) is 5.75 Å². The summed E-state index contributed by atoms with van der Waals surface area (Å²) in [7, 11) is 2.88. The summed E-state index contributed by atoms with van der Waals surface area (Å²) < 4.78 is 41.9. The second-order valence-electron chi connectivity index (χ2n) is 5.73. The van der Waals surface area contributed by atoms with Crippen molar-refractivity contribution in [2.75, 3.05) is 26.1 Å². The van der Waals surface area contributed by atoms with Crippen molar-refractivity contribution >= 4 is 17.7 Å². The van der Waals surface area contributed by atoms with E-state index in [1.807, 2.05) is 0 Å². The van der Waals surface area contributed by atoms with Gasteiger partial charge in [0, 0.05) is 19.2 Å². The van der Waals surface area contributed by atoms with Crippen LogP contribution in [0.2, 0.25) is 0 Å². The van der Waals surface area contributed by atoms with Crippen LogP contribution in [0.15, 0.2) is 36.4 Å². The van der Waals surface area contributed by atoms with Crippen LogP contribution in [0, 0.1) is 11.6 Å². The van der Waals surface area contributed by atoms with Crippen LogP contribution < -0.4 is 14.8 Å². The molecule has 1 fully saturated rings. The monoisotopic (exact) mass is 378 g/mol. The number of ether oxygens (including phenoxy) is 3. The van der Waals surface area contributed by atoms with E-state index >= 15 is 0 Å². The zero-order valence-electron chi connectivity index (χ0n) is 14.5. The Morgan fingerprint density at radius 1 is 1.19 bits per heavy atom. The molecule has 9 heteroatoms. The molecule has 142 valence electrons. The van der Waals surface area contributed by atoms with Crippen molar-refractivity contribution in [3.63, 3.8) is 0 Å². The third-order valence-electron chi connectivity index (χ3n) is 3.98. The second kappa shape index (κ2) is 7.48. The molecule has 0 aromatic heterocycles. The average Bonchev–Trinajstić information content (AvgIpc) is 2.97. The minimum atomic E-state index is -1.04.